The molecule has 1 unspecified atom stereocenters. The molecule has 1 atom stereocenters. The van der Waals surface area contributed by atoms with Gasteiger partial charge in [0.25, 0.3) is 0 Å². The standard InChI is InChI=1S/C53H36FNOS/c1-32-13-10-15-35(29-32)50(36-16-11-17-37(54)30-36)39-26-27-46-49(33(39)2)53-43(23-12-24-45(53)56-46)55(38-18-4-3-5-19-38)44-31-48-52(42-22-9-8-21-41(42)44)51-40-20-7-6-14-34(40)25-28-47(51)57-48/h3-31,50H,1-2H3. The Morgan fingerprint density at radius 2 is 1.21 bits per heavy atom. The van der Waals surface area contributed by atoms with E-state index in [-0.39, 0.29) is 11.7 Å². The predicted octanol–water partition coefficient (Wildman–Crippen LogP) is 15.7. The van der Waals surface area contributed by atoms with E-state index < -0.39 is 0 Å². The number of anilines is 3. The van der Waals surface area contributed by atoms with E-state index in [9.17, 15) is 4.39 Å². The largest absolute Gasteiger partial charge is 0.456 e. The maximum absolute atomic E-state index is 14.9. The predicted molar refractivity (Wildman–Crippen MR) is 240 cm³/mol. The Kier molecular flexibility index (Phi) is 7.77. The molecule has 2 heterocycles. The van der Waals surface area contributed by atoms with Crippen molar-refractivity contribution in [1.29, 1.82) is 0 Å². The van der Waals surface area contributed by atoms with Crippen LogP contribution in [-0.4, -0.2) is 0 Å². The van der Waals surface area contributed by atoms with Crippen LogP contribution >= 0.6 is 11.3 Å². The SMILES string of the molecule is Cc1cccc(C(c2cccc(F)c2)c2ccc3oc4cccc(N(c5ccccc5)c5cc6sc7ccc8ccccc8c7c6c6ccccc56)c4c3c2C)c1. The van der Waals surface area contributed by atoms with Crippen LogP contribution in [0.2, 0.25) is 0 Å². The molecule has 0 amide bonds. The number of nitrogens with zero attached hydrogens (tertiary/aromatic N) is 1. The van der Waals surface area contributed by atoms with Crippen molar-refractivity contribution in [3.8, 4) is 0 Å². The summed E-state index contributed by atoms with van der Waals surface area (Å²) in [6, 6.07) is 61.4. The van der Waals surface area contributed by atoms with Crippen molar-refractivity contribution in [3.63, 3.8) is 0 Å². The average molecular weight is 754 g/mol. The van der Waals surface area contributed by atoms with Crippen LogP contribution in [0, 0.1) is 19.7 Å². The number of rotatable bonds is 6. The molecule has 2 aromatic heterocycles. The highest BCUT2D eigenvalue weighted by atomic mass is 32.1. The van der Waals surface area contributed by atoms with Crippen LogP contribution in [0.25, 0.3) is 63.7 Å². The zero-order chi connectivity index (χ0) is 38.2. The Bertz CT molecular complexity index is 3310. The van der Waals surface area contributed by atoms with Gasteiger partial charge >= 0.3 is 0 Å². The monoisotopic (exact) mass is 753 g/mol. The third-order valence-electron chi connectivity index (χ3n) is 11.7. The smallest absolute Gasteiger partial charge is 0.137 e. The van der Waals surface area contributed by atoms with Gasteiger partial charge in [-0.15, -0.1) is 11.3 Å². The van der Waals surface area contributed by atoms with Crippen molar-refractivity contribution in [3.05, 3.63) is 210 Å². The van der Waals surface area contributed by atoms with Crippen LogP contribution in [0.3, 0.4) is 0 Å². The number of furan rings is 1. The summed E-state index contributed by atoms with van der Waals surface area (Å²) in [5, 5.41) is 9.65. The van der Waals surface area contributed by atoms with Crippen molar-refractivity contribution < 1.29 is 8.81 Å². The number of benzene rings is 9. The summed E-state index contributed by atoms with van der Waals surface area (Å²) < 4.78 is 24.2. The summed E-state index contributed by atoms with van der Waals surface area (Å²) in [7, 11) is 0. The number of para-hydroxylation sites is 1. The third kappa shape index (κ3) is 5.36. The number of hydrogen-bond donors (Lipinski definition) is 0. The Labute approximate surface area is 333 Å². The van der Waals surface area contributed by atoms with E-state index >= 15 is 0 Å². The molecule has 0 radical (unpaired) electrons. The molecule has 4 heteroatoms. The Morgan fingerprint density at radius 1 is 0.509 bits per heavy atom. The highest BCUT2D eigenvalue weighted by Gasteiger charge is 2.27. The third-order valence-corrected chi connectivity index (χ3v) is 12.8. The van der Waals surface area contributed by atoms with E-state index in [4.69, 9.17) is 4.42 Å². The molecule has 0 saturated heterocycles. The van der Waals surface area contributed by atoms with Crippen molar-refractivity contribution in [2.24, 2.45) is 0 Å². The van der Waals surface area contributed by atoms with Crippen LogP contribution in [0.5, 0.6) is 0 Å². The second-order valence-corrected chi connectivity index (χ2v) is 16.1. The molecule has 0 aliphatic carbocycles. The van der Waals surface area contributed by atoms with Gasteiger partial charge in [-0.1, -0.05) is 127 Å². The first kappa shape index (κ1) is 33.6. The first-order valence-electron chi connectivity index (χ1n) is 19.4. The van der Waals surface area contributed by atoms with Crippen LogP contribution in [0.1, 0.15) is 33.7 Å². The van der Waals surface area contributed by atoms with Crippen molar-refractivity contribution in [2.75, 3.05) is 4.90 Å². The Hall–Kier alpha value is -6.75. The van der Waals surface area contributed by atoms with Crippen LogP contribution < -0.4 is 4.90 Å². The molecule has 0 spiro atoms. The van der Waals surface area contributed by atoms with E-state index in [1.165, 1.54) is 53.3 Å². The molecule has 0 fully saturated rings. The summed E-state index contributed by atoms with van der Waals surface area (Å²) in [5.41, 5.74) is 10.3. The molecule has 11 aromatic rings. The minimum absolute atomic E-state index is 0.178. The molecule has 11 rings (SSSR count). The van der Waals surface area contributed by atoms with Gasteiger partial charge in [-0.05, 0) is 107 Å². The van der Waals surface area contributed by atoms with Gasteiger partial charge in [-0.2, -0.15) is 0 Å². The molecule has 57 heavy (non-hydrogen) atoms. The first-order valence-corrected chi connectivity index (χ1v) is 20.2. The molecule has 0 N–H and O–H groups in total. The summed E-state index contributed by atoms with van der Waals surface area (Å²) in [6.45, 7) is 4.31. The highest BCUT2D eigenvalue weighted by molar-refractivity contribution is 7.26. The van der Waals surface area contributed by atoms with Crippen LogP contribution in [0.15, 0.2) is 180 Å². The van der Waals surface area contributed by atoms with E-state index in [0.29, 0.717) is 0 Å². The molecule has 272 valence electrons. The lowest BCUT2D eigenvalue weighted by Gasteiger charge is -2.28. The Morgan fingerprint density at radius 3 is 2.04 bits per heavy atom. The fourth-order valence-electron chi connectivity index (χ4n) is 9.21. The highest BCUT2D eigenvalue weighted by Crippen LogP contribution is 2.50. The normalized spacial score (nSPS) is 12.4. The van der Waals surface area contributed by atoms with Gasteiger partial charge in [0.15, 0.2) is 0 Å². The fourth-order valence-corrected chi connectivity index (χ4v) is 10.4. The number of thiophene rings is 1. The van der Waals surface area contributed by atoms with Gasteiger partial charge in [0.2, 0.25) is 0 Å². The summed E-state index contributed by atoms with van der Waals surface area (Å²) >= 11 is 1.85. The van der Waals surface area contributed by atoms with Crippen LogP contribution in [-0.2, 0) is 0 Å². The van der Waals surface area contributed by atoms with Gasteiger partial charge < -0.3 is 9.32 Å². The van der Waals surface area contributed by atoms with Gasteiger partial charge in [0.1, 0.15) is 17.0 Å². The zero-order valence-electron chi connectivity index (χ0n) is 31.5. The van der Waals surface area contributed by atoms with Gasteiger partial charge in [-0.3, -0.25) is 0 Å². The summed E-state index contributed by atoms with van der Waals surface area (Å²) in [6.07, 6.45) is 0. The summed E-state index contributed by atoms with van der Waals surface area (Å²) in [4.78, 5) is 2.41. The lowest BCUT2D eigenvalue weighted by Crippen LogP contribution is -2.11. The first-order chi connectivity index (χ1) is 28.0. The van der Waals surface area contributed by atoms with Crippen molar-refractivity contribution >= 4 is 92.1 Å². The van der Waals surface area contributed by atoms with E-state index in [1.807, 2.05) is 23.5 Å². The lowest BCUT2D eigenvalue weighted by atomic mass is 9.81. The zero-order valence-corrected chi connectivity index (χ0v) is 32.3. The van der Waals surface area contributed by atoms with Gasteiger partial charge in [-0.25, -0.2) is 4.39 Å². The maximum atomic E-state index is 14.9. The average Bonchev–Trinajstić information content (AvgIpc) is 3.82. The Balaban J connectivity index is 1.21. The molecule has 0 aliphatic rings. The molecule has 2 nitrogen and oxygen atoms in total. The van der Waals surface area contributed by atoms with E-state index in [1.54, 1.807) is 6.07 Å². The second-order valence-electron chi connectivity index (χ2n) is 15.1. The summed E-state index contributed by atoms with van der Waals surface area (Å²) in [5.74, 6) is -0.419. The fraction of sp³-hybridized carbons (Fsp3) is 0.0566. The van der Waals surface area contributed by atoms with Gasteiger partial charge in [0.05, 0.1) is 16.8 Å². The number of fused-ring (bicyclic) bond motifs is 10. The molecular weight excluding hydrogens is 718 g/mol. The molecule has 0 bridgehead atoms. The van der Waals surface area contributed by atoms with E-state index in [0.717, 1.165) is 61.3 Å². The van der Waals surface area contributed by atoms with Crippen molar-refractivity contribution in [2.45, 2.75) is 19.8 Å². The minimum Gasteiger partial charge on any atom is -0.456 e. The molecule has 0 saturated carbocycles. The second kappa shape index (κ2) is 13.2. The topological polar surface area (TPSA) is 16.4 Å². The van der Waals surface area contributed by atoms with E-state index in [2.05, 4.69) is 170 Å². The molecule has 9 aromatic carbocycles. The van der Waals surface area contributed by atoms with Gasteiger partial charge in [0, 0.05) is 42.6 Å². The van der Waals surface area contributed by atoms with Crippen molar-refractivity contribution in [1.82, 2.24) is 0 Å². The quantitative estimate of drug-likeness (QED) is 0.157. The molecule has 0 aliphatic heterocycles. The number of hydrogen-bond acceptors (Lipinski definition) is 3. The number of aryl methyl sites for hydroxylation is 2. The lowest BCUT2D eigenvalue weighted by molar-refractivity contribution is 0.625. The van der Waals surface area contributed by atoms with Crippen LogP contribution in [0.4, 0.5) is 21.5 Å². The minimum atomic E-state index is -0.241. The number of halogens is 1. The molecular formula is C53H36FNOS. The maximum Gasteiger partial charge on any atom is 0.137 e.